The van der Waals surface area contributed by atoms with E-state index in [9.17, 15) is 9.59 Å². The molecule has 0 bridgehead atoms. The van der Waals surface area contributed by atoms with Crippen LogP contribution in [0.3, 0.4) is 0 Å². The van der Waals surface area contributed by atoms with Crippen molar-refractivity contribution >= 4 is 11.9 Å². The van der Waals surface area contributed by atoms with Crippen LogP contribution in [0.15, 0.2) is 12.2 Å². The van der Waals surface area contributed by atoms with Gasteiger partial charge in [-0.1, -0.05) is 136 Å². The summed E-state index contributed by atoms with van der Waals surface area (Å²) in [6.45, 7) is 6.52. The second-order valence-electron chi connectivity index (χ2n) is 10.2. The van der Waals surface area contributed by atoms with Crippen LogP contribution in [0.1, 0.15) is 156 Å². The van der Waals surface area contributed by atoms with E-state index in [1.165, 1.54) is 90.6 Å². The van der Waals surface area contributed by atoms with Crippen molar-refractivity contribution in [1.29, 1.82) is 0 Å². The van der Waals surface area contributed by atoms with Crippen LogP contribution >= 0.6 is 0 Å². The van der Waals surface area contributed by atoms with Crippen molar-refractivity contribution in [3.8, 4) is 0 Å². The first-order valence-electron chi connectivity index (χ1n) is 15.0. The number of methoxy groups -OCH3 is 1. The minimum Gasteiger partial charge on any atom is -0.469 e. The highest BCUT2D eigenvalue weighted by atomic mass is 16.5. The number of carbonyl (C=O) groups excluding carboxylic acids is 2. The summed E-state index contributed by atoms with van der Waals surface area (Å²) in [5.41, 5.74) is 0. The van der Waals surface area contributed by atoms with E-state index in [0.717, 1.165) is 44.9 Å². The van der Waals surface area contributed by atoms with E-state index in [1.54, 1.807) is 0 Å². The zero-order valence-electron chi connectivity index (χ0n) is 23.8. The monoisotopic (exact) mass is 494 g/mol. The molecule has 0 aliphatic heterocycles. The van der Waals surface area contributed by atoms with Gasteiger partial charge in [-0.25, -0.2) is 0 Å². The molecule has 0 heterocycles. The fourth-order valence-electron chi connectivity index (χ4n) is 4.48. The Morgan fingerprint density at radius 1 is 0.657 bits per heavy atom. The number of rotatable bonds is 25. The molecule has 2 atom stereocenters. The summed E-state index contributed by atoms with van der Waals surface area (Å²) in [7, 11) is 1.37. The molecule has 2 unspecified atom stereocenters. The molecule has 0 saturated carbocycles. The second-order valence-corrected chi connectivity index (χ2v) is 10.2. The largest absolute Gasteiger partial charge is 0.469 e. The average Bonchev–Trinajstić information content (AvgIpc) is 2.86. The summed E-state index contributed by atoms with van der Waals surface area (Å²) in [4.78, 5) is 24.6. The van der Waals surface area contributed by atoms with Gasteiger partial charge in [0, 0.05) is 0 Å². The Morgan fingerprint density at radius 3 is 1.66 bits per heavy atom. The molecular formula is C31H58O4. The van der Waals surface area contributed by atoms with Gasteiger partial charge in [-0.2, -0.15) is 0 Å². The highest BCUT2D eigenvalue weighted by Crippen LogP contribution is 2.18. The molecule has 0 rings (SSSR count). The van der Waals surface area contributed by atoms with Gasteiger partial charge < -0.3 is 9.47 Å². The maximum absolute atomic E-state index is 12.8. The minimum atomic E-state index is -0.546. The van der Waals surface area contributed by atoms with Gasteiger partial charge in [0.2, 0.25) is 0 Å². The summed E-state index contributed by atoms with van der Waals surface area (Å²) >= 11 is 0. The van der Waals surface area contributed by atoms with Crippen LogP contribution in [0.2, 0.25) is 0 Å². The molecule has 0 amide bonds. The highest BCUT2D eigenvalue weighted by Gasteiger charge is 2.24. The van der Waals surface area contributed by atoms with E-state index in [1.807, 2.05) is 6.08 Å². The van der Waals surface area contributed by atoms with Crippen molar-refractivity contribution in [2.24, 2.45) is 5.92 Å². The second kappa shape index (κ2) is 25.8. The first-order chi connectivity index (χ1) is 17.1. The molecule has 0 saturated heterocycles. The molecule has 4 nitrogen and oxygen atoms in total. The Labute approximate surface area is 218 Å². The normalized spacial score (nSPS) is 13.1. The van der Waals surface area contributed by atoms with Crippen LogP contribution < -0.4 is 0 Å². The molecular weight excluding hydrogens is 436 g/mol. The third-order valence-corrected chi connectivity index (χ3v) is 6.78. The summed E-state index contributed by atoms with van der Waals surface area (Å²) in [5, 5.41) is 0. The number of hydrogen-bond acceptors (Lipinski definition) is 4. The molecule has 206 valence electrons. The third-order valence-electron chi connectivity index (χ3n) is 6.78. The summed E-state index contributed by atoms with van der Waals surface area (Å²) in [6.07, 6.45) is 28.7. The van der Waals surface area contributed by atoms with E-state index in [-0.39, 0.29) is 24.5 Å². The predicted octanol–water partition coefficient (Wildman–Crippen LogP) is 9.50. The Bertz CT molecular complexity index is 514. The van der Waals surface area contributed by atoms with Gasteiger partial charge in [0.15, 0.2) is 0 Å². The number of ether oxygens (including phenoxy) is 2. The van der Waals surface area contributed by atoms with Crippen LogP contribution in [0, 0.1) is 5.92 Å². The van der Waals surface area contributed by atoms with Crippen LogP contribution in [0.4, 0.5) is 0 Å². The quantitative estimate of drug-likeness (QED) is 0.0720. The zero-order chi connectivity index (χ0) is 26.0. The van der Waals surface area contributed by atoms with Crippen molar-refractivity contribution in [3.63, 3.8) is 0 Å². The van der Waals surface area contributed by atoms with Crippen molar-refractivity contribution in [3.05, 3.63) is 12.2 Å². The Kier molecular flexibility index (Phi) is 24.8. The van der Waals surface area contributed by atoms with Crippen molar-refractivity contribution in [2.75, 3.05) is 7.11 Å². The van der Waals surface area contributed by atoms with E-state index in [4.69, 9.17) is 9.47 Å². The zero-order valence-corrected chi connectivity index (χ0v) is 23.8. The number of carbonyl (C=O) groups is 2. The predicted molar refractivity (Wildman–Crippen MR) is 149 cm³/mol. The molecule has 35 heavy (non-hydrogen) atoms. The standard InChI is InChI=1S/C31H58O4/c1-5-8-10-11-12-13-14-15-16-17-18-19-20-21-22-23-25-28(27-30(32)34-4)31(33)35-29(24-7-3)26-9-6-2/h23,25,28-29H,5-22,24,26-27H2,1-4H3. The van der Waals surface area contributed by atoms with E-state index >= 15 is 0 Å². The highest BCUT2D eigenvalue weighted by molar-refractivity contribution is 5.81. The third kappa shape index (κ3) is 21.7. The first-order valence-corrected chi connectivity index (χ1v) is 15.0. The lowest BCUT2D eigenvalue weighted by Crippen LogP contribution is -2.25. The molecule has 0 N–H and O–H groups in total. The van der Waals surface area contributed by atoms with Gasteiger partial charge in [-0.05, 0) is 25.7 Å². The summed E-state index contributed by atoms with van der Waals surface area (Å²) in [5.74, 6) is -1.20. The van der Waals surface area contributed by atoms with Crippen molar-refractivity contribution in [1.82, 2.24) is 0 Å². The lowest BCUT2D eigenvalue weighted by Gasteiger charge is -2.20. The van der Waals surface area contributed by atoms with Crippen molar-refractivity contribution < 1.29 is 19.1 Å². The number of esters is 2. The molecule has 0 aliphatic carbocycles. The lowest BCUT2D eigenvalue weighted by molar-refractivity contribution is -0.157. The van der Waals surface area contributed by atoms with Gasteiger partial charge in [0.25, 0.3) is 0 Å². The summed E-state index contributed by atoms with van der Waals surface area (Å²) in [6, 6.07) is 0. The molecule has 0 aromatic carbocycles. The topological polar surface area (TPSA) is 52.6 Å². The van der Waals surface area contributed by atoms with Gasteiger partial charge in [0.05, 0.1) is 19.4 Å². The maximum atomic E-state index is 12.8. The van der Waals surface area contributed by atoms with E-state index in [2.05, 4.69) is 26.8 Å². The summed E-state index contributed by atoms with van der Waals surface area (Å²) < 4.78 is 10.6. The number of unbranched alkanes of at least 4 members (excludes halogenated alkanes) is 15. The maximum Gasteiger partial charge on any atom is 0.313 e. The van der Waals surface area contributed by atoms with Crippen LogP contribution in [0.25, 0.3) is 0 Å². The molecule has 0 aromatic rings. The first kappa shape index (κ1) is 33.7. The number of hydrogen-bond donors (Lipinski definition) is 0. The fraction of sp³-hybridized carbons (Fsp3) is 0.871. The van der Waals surface area contributed by atoms with Crippen LogP contribution in [-0.2, 0) is 19.1 Å². The minimum absolute atomic E-state index is 0.0493. The fourth-order valence-corrected chi connectivity index (χ4v) is 4.48. The van der Waals surface area contributed by atoms with Crippen LogP contribution in [0.5, 0.6) is 0 Å². The Morgan fingerprint density at radius 2 is 1.17 bits per heavy atom. The Hall–Kier alpha value is -1.32. The van der Waals surface area contributed by atoms with Gasteiger partial charge in [-0.15, -0.1) is 0 Å². The SMILES string of the molecule is CCCCCCCCCCCCCCCCC=CC(CC(=O)OC)C(=O)OC(CCC)CCCC. The Balaban J connectivity index is 4.06. The smallest absolute Gasteiger partial charge is 0.313 e. The van der Waals surface area contributed by atoms with Gasteiger partial charge in [0.1, 0.15) is 6.10 Å². The van der Waals surface area contributed by atoms with Gasteiger partial charge in [-0.3, -0.25) is 9.59 Å². The molecule has 0 aromatic heterocycles. The van der Waals surface area contributed by atoms with E-state index in [0.29, 0.717) is 0 Å². The lowest BCUT2D eigenvalue weighted by atomic mass is 10.0. The molecule has 4 heteroatoms. The van der Waals surface area contributed by atoms with Gasteiger partial charge >= 0.3 is 11.9 Å². The molecule has 0 spiro atoms. The molecule has 0 radical (unpaired) electrons. The van der Waals surface area contributed by atoms with Crippen LogP contribution in [-0.4, -0.2) is 25.2 Å². The average molecular weight is 495 g/mol. The van der Waals surface area contributed by atoms with E-state index < -0.39 is 5.92 Å². The molecule has 0 aliphatic rings. The molecule has 0 fully saturated rings. The number of allylic oxidation sites excluding steroid dienone is 1. The van der Waals surface area contributed by atoms with Crippen molar-refractivity contribution in [2.45, 2.75) is 162 Å².